The third kappa shape index (κ3) is 3.77. The average Bonchev–Trinajstić information content (AvgIpc) is 2.97. The predicted octanol–water partition coefficient (Wildman–Crippen LogP) is 4.21. The van der Waals surface area contributed by atoms with Crippen LogP contribution in [-0.2, 0) is 11.2 Å². The van der Waals surface area contributed by atoms with E-state index in [1.54, 1.807) is 4.90 Å². The second kappa shape index (κ2) is 8.17. The van der Waals surface area contributed by atoms with Crippen LogP contribution < -0.4 is 0 Å². The monoisotopic (exact) mass is 430 g/mol. The first kappa shape index (κ1) is 19.9. The number of rotatable bonds is 4. The maximum atomic E-state index is 13.4. The number of hydrogen-bond donors (Lipinski definition) is 0. The van der Waals surface area contributed by atoms with Crippen LogP contribution in [0.4, 0.5) is 0 Å². The first-order valence-corrected chi connectivity index (χ1v) is 10.4. The van der Waals surface area contributed by atoms with Gasteiger partial charge in [0.2, 0.25) is 5.91 Å². The molecule has 150 valence electrons. The Bertz CT molecular complexity index is 931. The second-order valence-corrected chi connectivity index (χ2v) is 8.20. The van der Waals surface area contributed by atoms with Crippen LogP contribution in [0.1, 0.15) is 45.5 Å². The molecule has 2 aromatic carbocycles. The fraction of sp³-hybridized carbons (Fsp3) is 0.318. The Morgan fingerprint density at radius 2 is 1.45 bits per heavy atom. The molecule has 1 fully saturated rings. The van der Waals surface area contributed by atoms with Gasteiger partial charge in [0.25, 0.3) is 11.8 Å². The van der Waals surface area contributed by atoms with Crippen molar-refractivity contribution in [1.29, 1.82) is 0 Å². The Balaban J connectivity index is 1.71. The smallest absolute Gasteiger partial charge is 0.262 e. The Kier molecular flexibility index (Phi) is 5.61. The normalized spacial score (nSPS) is 17.4. The van der Waals surface area contributed by atoms with Crippen molar-refractivity contribution in [3.8, 4) is 0 Å². The van der Waals surface area contributed by atoms with E-state index in [9.17, 15) is 14.4 Å². The molecule has 0 aromatic heterocycles. The zero-order chi connectivity index (χ0) is 20.5. The molecule has 4 rings (SSSR count). The third-order valence-electron chi connectivity index (χ3n) is 5.50. The molecule has 7 heteroatoms. The molecule has 1 atom stereocenters. The highest BCUT2D eigenvalue weighted by molar-refractivity contribution is 6.43. The number of halogens is 2. The highest BCUT2D eigenvalue weighted by Gasteiger charge is 2.44. The van der Waals surface area contributed by atoms with Gasteiger partial charge in [-0.3, -0.25) is 19.3 Å². The van der Waals surface area contributed by atoms with Gasteiger partial charge in [-0.05, 0) is 37.0 Å². The molecule has 29 heavy (non-hydrogen) atoms. The fourth-order valence-electron chi connectivity index (χ4n) is 3.99. The zero-order valence-electron chi connectivity index (χ0n) is 15.7. The minimum Gasteiger partial charge on any atom is -0.341 e. The molecule has 0 N–H and O–H groups in total. The molecule has 2 aromatic rings. The first-order valence-electron chi connectivity index (χ1n) is 9.67. The van der Waals surface area contributed by atoms with Gasteiger partial charge in [0.15, 0.2) is 0 Å². The fourth-order valence-corrected chi connectivity index (χ4v) is 4.31. The SMILES string of the molecule is O=C([C@H](Cc1ccccc1)N1C(=O)c2cc(Cl)c(Cl)cc2C1=O)N1CCCCC1. The summed E-state index contributed by atoms with van der Waals surface area (Å²) in [5.41, 5.74) is 1.26. The highest BCUT2D eigenvalue weighted by Crippen LogP contribution is 2.33. The summed E-state index contributed by atoms with van der Waals surface area (Å²) in [7, 11) is 0. The lowest BCUT2D eigenvalue weighted by atomic mass is 10.0. The molecule has 5 nitrogen and oxygen atoms in total. The number of piperidine rings is 1. The van der Waals surface area contributed by atoms with Crippen LogP contribution in [0.2, 0.25) is 10.0 Å². The van der Waals surface area contributed by atoms with E-state index in [1.807, 2.05) is 30.3 Å². The quantitative estimate of drug-likeness (QED) is 0.682. The van der Waals surface area contributed by atoms with Gasteiger partial charge in [-0.1, -0.05) is 53.5 Å². The number of fused-ring (bicyclic) bond motifs is 1. The van der Waals surface area contributed by atoms with Gasteiger partial charge in [-0.2, -0.15) is 0 Å². The standard InChI is InChI=1S/C22H20Cl2N2O3/c23-17-12-15-16(13-18(17)24)21(28)26(20(15)27)19(11-14-7-3-1-4-8-14)22(29)25-9-5-2-6-10-25/h1,3-4,7-8,12-13,19H,2,5-6,9-11H2/t19-/m0/s1. The molecule has 0 unspecified atom stereocenters. The van der Waals surface area contributed by atoms with Crippen LogP contribution in [0.3, 0.4) is 0 Å². The molecule has 0 radical (unpaired) electrons. The van der Waals surface area contributed by atoms with Gasteiger partial charge in [0.1, 0.15) is 6.04 Å². The largest absolute Gasteiger partial charge is 0.341 e. The second-order valence-electron chi connectivity index (χ2n) is 7.38. The van der Waals surface area contributed by atoms with Gasteiger partial charge < -0.3 is 4.90 Å². The van der Waals surface area contributed by atoms with E-state index < -0.39 is 17.9 Å². The lowest BCUT2D eigenvalue weighted by molar-refractivity contribution is -0.136. The Morgan fingerprint density at radius 1 is 0.897 bits per heavy atom. The molecule has 0 saturated carbocycles. The van der Waals surface area contributed by atoms with Crippen molar-refractivity contribution in [2.24, 2.45) is 0 Å². The van der Waals surface area contributed by atoms with Gasteiger partial charge in [-0.25, -0.2) is 0 Å². The average molecular weight is 431 g/mol. The van der Waals surface area contributed by atoms with Crippen LogP contribution in [0.15, 0.2) is 42.5 Å². The Hall–Kier alpha value is -2.37. The number of amides is 3. The van der Waals surface area contributed by atoms with E-state index in [0.29, 0.717) is 13.1 Å². The molecule has 0 bridgehead atoms. The topological polar surface area (TPSA) is 57.7 Å². The van der Waals surface area contributed by atoms with Crippen LogP contribution in [0, 0.1) is 0 Å². The third-order valence-corrected chi connectivity index (χ3v) is 6.22. The summed E-state index contributed by atoms with van der Waals surface area (Å²) in [5, 5.41) is 0.408. The summed E-state index contributed by atoms with van der Waals surface area (Å²) < 4.78 is 0. The molecular weight excluding hydrogens is 411 g/mol. The van der Waals surface area contributed by atoms with Crippen molar-refractivity contribution in [1.82, 2.24) is 9.80 Å². The van der Waals surface area contributed by atoms with E-state index in [1.165, 1.54) is 12.1 Å². The van der Waals surface area contributed by atoms with Crippen LogP contribution in [0.5, 0.6) is 0 Å². The number of hydrogen-bond acceptors (Lipinski definition) is 3. The molecule has 2 heterocycles. The van der Waals surface area contributed by atoms with Crippen molar-refractivity contribution in [3.63, 3.8) is 0 Å². The molecule has 1 saturated heterocycles. The lowest BCUT2D eigenvalue weighted by Gasteiger charge is -2.33. The lowest BCUT2D eigenvalue weighted by Crippen LogP contribution is -2.53. The van der Waals surface area contributed by atoms with Crippen molar-refractivity contribution in [3.05, 3.63) is 69.2 Å². The van der Waals surface area contributed by atoms with Gasteiger partial charge in [0, 0.05) is 19.5 Å². The molecule has 0 spiro atoms. The number of carbonyl (C=O) groups is 3. The maximum Gasteiger partial charge on any atom is 0.262 e. The Morgan fingerprint density at radius 3 is 2.00 bits per heavy atom. The maximum absolute atomic E-state index is 13.4. The van der Waals surface area contributed by atoms with E-state index >= 15 is 0 Å². The van der Waals surface area contributed by atoms with Gasteiger partial charge >= 0.3 is 0 Å². The number of likely N-dealkylation sites (tertiary alicyclic amines) is 1. The number of benzene rings is 2. The summed E-state index contributed by atoms with van der Waals surface area (Å²) >= 11 is 12.1. The van der Waals surface area contributed by atoms with Crippen LogP contribution >= 0.6 is 23.2 Å². The Labute approximate surface area is 179 Å². The van der Waals surface area contributed by atoms with Gasteiger partial charge in [0.05, 0.1) is 21.2 Å². The predicted molar refractivity (Wildman–Crippen MR) is 111 cm³/mol. The first-order chi connectivity index (χ1) is 14.0. The van der Waals surface area contributed by atoms with Gasteiger partial charge in [-0.15, -0.1) is 0 Å². The number of nitrogens with zero attached hydrogens (tertiary/aromatic N) is 2. The van der Waals surface area contributed by atoms with Crippen molar-refractivity contribution in [2.45, 2.75) is 31.7 Å². The van der Waals surface area contributed by atoms with Crippen molar-refractivity contribution < 1.29 is 14.4 Å². The number of carbonyl (C=O) groups excluding carboxylic acids is 3. The van der Waals surface area contributed by atoms with Crippen molar-refractivity contribution in [2.75, 3.05) is 13.1 Å². The van der Waals surface area contributed by atoms with E-state index in [0.717, 1.165) is 29.7 Å². The molecule has 2 aliphatic heterocycles. The summed E-state index contributed by atoms with van der Waals surface area (Å²) in [6.07, 6.45) is 3.20. The zero-order valence-corrected chi connectivity index (χ0v) is 17.2. The summed E-state index contributed by atoms with van der Waals surface area (Å²) in [6.45, 7) is 1.29. The summed E-state index contributed by atoms with van der Waals surface area (Å²) in [5.74, 6) is -1.20. The highest BCUT2D eigenvalue weighted by atomic mass is 35.5. The molecule has 0 aliphatic carbocycles. The van der Waals surface area contributed by atoms with E-state index in [-0.39, 0.29) is 33.5 Å². The van der Waals surface area contributed by atoms with Crippen LogP contribution in [0.25, 0.3) is 0 Å². The van der Waals surface area contributed by atoms with E-state index in [4.69, 9.17) is 23.2 Å². The van der Waals surface area contributed by atoms with Crippen LogP contribution in [-0.4, -0.2) is 46.7 Å². The summed E-state index contributed by atoms with van der Waals surface area (Å²) in [6, 6.07) is 11.3. The molecule has 3 amide bonds. The van der Waals surface area contributed by atoms with Crippen molar-refractivity contribution >= 4 is 40.9 Å². The minimum atomic E-state index is -0.902. The number of imide groups is 1. The molecule has 2 aliphatic rings. The summed E-state index contributed by atoms with van der Waals surface area (Å²) in [4.78, 5) is 42.5. The van der Waals surface area contributed by atoms with E-state index in [2.05, 4.69) is 0 Å². The minimum absolute atomic E-state index is 0.189. The molecular formula is C22H20Cl2N2O3.